The van der Waals surface area contributed by atoms with Crippen LogP contribution in [0.1, 0.15) is 0 Å². The van der Waals surface area contributed by atoms with Crippen LogP contribution in [-0.4, -0.2) is 14.9 Å². The van der Waals surface area contributed by atoms with Crippen LogP contribution < -0.4 is 11.3 Å². The van der Waals surface area contributed by atoms with Crippen LogP contribution in [0.3, 0.4) is 0 Å². The molecule has 0 saturated heterocycles. The number of nitrogens with one attached hydrogen (secondary N) is 1. The first kappa shape index (κ1) is 9.67. The highest BCUT2D eigenvalue weighted by Crippen LogP contribution is 2.13. The maximum absolute atomic E-state index is 11.4. The number of thiocarbonyl (C=S) groups is 1. The van der Waals surface area contributed by atoms with E-state index in [9.17, 15) is 4.79 Å². The zero-order valence-corrected chi connectivity index (χ0v) is 8.62. The molecule has 0 aliphatic carbocycles. The molecule has 0 radical (unpaired) electrons. The quantitative estimate of drug-likeness (QED) is 0.701. The smallest absolute Gasteiger partial charge is 0.273 e. The number of aromatic amines is 1. The topological polar surface area (TPSA) is 63.8 Å². The van der Waals surface area contributed by atoms with Crippen LogP contribution in [0.2, 0.25) is 0 Å². The first-order valence-electron chi connectivity index (χ1n) is 4.36. The van der Waals surface area contributed by atoms with Crippen molar-refractivity contribution in [3.63, 3.8) is 0 Å². The number of nitrogens with zero attached hydrogens (tertiary/aromatic N) is 1. The standard InChI is InChI=1S/C10H9N3OS/c11-10(15)13-9(14)6-8(12-13)7-4-2-1-3-5-7/h1-6,12H,(H2,11,15). The van der Waals surface area contributed by atoms with Gasteiger partial charge in [0.05, 0.1) is 5.69 Å². The Kier molecular flexibility index (Phi) is 2.39. The van der Waals surface area contributed by atoms with Gasteiger partial charge in [0, 0.05) is 6.07 Å². The van der Waals surface area contributed by atoms with Gasteiger partial charge in [0.1, 0.15) is 0 Å². The highest BCUT2D eigenvalue weighted by molar-refractivity contribution is 7.80. The molecule has 0 bridgehead atoms. The number of hydrogen-bond acceptors (Lipinski definition) is 2. The second-order valence-corrected chi connectivity index (χ2v) is 3.47. The average Bonchev–Trinajstić information content (AvgIpc) is 2.62. The molecule has 0 spiro atoms. The van der Waals surface area contributed by atoms with Crippen molar-refractivity contribution in [2.45, 2.75) is 0 Å². The van der Waals surface area contributed by atoms with Crippen molar-refractivity contribution in [2.24, 2.45) is 5.73 Å². The van der Waals surface area contributed by atoms with E-state index in [-0.39, 0.29) is 10.7 Å². The Labute approximate surface area is 91.3 Å². The summed E-state index contributed by atoms with van der Waals surface area (Å²) in [5, 5.41) is 2.85. The molecule has 0 fully saturated rings. The minimum Gasteiger partial charge on any atom is -0.374 e. The Morgan fingerprint density at radius 1 is 1.33 bits per heavy atom. The van der Waals surface area contributed by atoms with Gasteiger partial charge in [-0.25, -0.2) is 0 Å². The van der Waals surface area contributed by atoms with Crippen LogP contribution in [0, 0.1) is 0 Å². The number of aromatic nitrogens is 2. The average molecular weight is 219 g/mol. The summed E-state index contributed by atoms with van der Waals surface area (Å²) in [5.41, 5.74) is 6.74. The van der Waals surface area contributed by atoms with Gasteiger partial charge in [-0.05, 0) is 17.8 Å². The second-order valence-electron chi connectivity index (χ2n) is 3.05. The summed E-state index contributed by atoms with van der Waals surface area (Å²) >= 11 is 4.72. The minimum absolute atomic E-state index is 0.0159. The SMILES string of the molecule is NC(=S)n1[nH]c(-c2ccccc2)cc1=O. The lowest BCUT2D eigenvalue weighted by Crippen LogP contribution is -2.29. The van der Waals surface area contributed by atoms with Crippen LogP contribution in [0.4, 0.5) is 0 Å². The molecule has 0 aliphatic heterocycles. The van der Waals surface area contributed by atoms with Gasteiger partial charge in [0.2, 0.25) is 0 Å². The van der Waals surface area contributed by atoms with E-state index in [4.69, 9.17) is 18.0 Å². The van der Waals surface area contributed by atoms with E-state index in [1.807, 2.05) is 30.3 Å². The number of nitrogens with two attached hydrogens (primary N) is 1. The largest absolute Gasteiger partial charge is 0.374 e. The fourth-order valence-corrected chi connectivity index (χ4v) is 1.46. The van der Waals surface area contributed by atoms with Crippen LogP contribution in [0.25, 0.3) is 11.3 Å². The summed E-state index contributed by atoms with van der Waals surface area (Å²) in [5.74, 6) is 0. The number of rotatable bonds is 1. The molecule has 0 saturated carbocycles. The lowest BCUT2D eigenvalue weighted by atomic mass is 10.2. The Hall–Kier alpha value is -1.88. The van der Waals surface area contributed by atoms with E-state index in [1.165, 1.54) is 6.07 Å². The maximum Gasteiger partial charge on any atom is 0.273 e. The monoisotopic (exact) mass is 219 g/mol. The molecule has 0 amide bonds. The zero-order chi connectivity index (χ0) is 10.8. The summed E-state index contributed by atoms with van der Waals surface area (Å²) in [4.78, 5) is 11.4. The van der Waals surface area contributed by atoms with E-state index >= 15 is 0 Å². The third kappa shape index (κ3) is 1.82. The summed E-state index contributed by atoms with van der Waals surface area (Å²) in [6.07, 6.45) is 0. The van der Waals surface area contributed by atoms with E-state index in [0.717, 1.165) is 10.2 Å². The summed E-state index contributed by atoms with van der Waals surface area (Å²) < 4.78 is 1.14. The summed E-state index contributed by atoms with van der Waals surface area (Å²) in [7, 11) is 0. The Balaban J connectivity index is 2.53. The van der Waals surface area contributed by atoms with E-state index < -0.39 is 0 Å². The van der Waals surface area contributed by atoms with Gasteiger partial charge in [-0.2, -0.15) is 4.68 Å². The predicted molar refractivity (Wildman–Crippen MR) is 62.7 cm³/mol. The predicted octanol–water partition coefficient (Wildman–Crippen LogP) is 0.935. The van der Waals surface area contributed by atoms with Crippen molar-refractivity contribution in [3.05, 3.63) is 46.8 Å². The number of benzene rings is 1. The first-order valence-corrected chi connectivity index (χ1v) is 4.76. The molecule has 0 unspecified atom stereocenters. The van der Waals surface area contributed by atoms with Crippen LogP contribution in [0.5, 0.6) is 0 Å². The van der Waals surface area contributed by atoms with Crippen molar-refractivity contribution in [1.82, 2.24) is 9.78 Å². The normalized spacial score (nSPS) is 10.1. The molecule has 15 heavy (non-hydrogen) atoms. The molecule has 3 N–H and O–H groups in total. The third-order valence-electron chi connectivity index (χ3n) is 2.03. The maximum atomic E-state index is 11.4. The molecule has 0 aliphatic rings. The molecule has 2 aromatic rings. The first-order chi connectivity index (χ1) is 7.18. The molecule has 4 nitrogen and oxygen atoms in total. The fourth-order valence-electron chi connectivity index (χ4n) is 1.33. The van der Waals surface area contributed by atoms with Gasteiger partial charge in [0.15, 0.2) is 5.11 Å². The van der Waals surface area contributed by atoms with Crippen molar-refractivity contribution >= 4 is 17.3 Å². The van der Waals surface area contributed by atoms with Gasteiger partial charge in [-0.1, -0.05) is 30.3 Å². The number of H-pyrrole nitrogens is 1. The molecule has 0 atom stereocenters. The van der Waals surface area contributed by atoms with Gasteiger partial charge in [-0.3, -0.25) is 9.89 Å². The van der Waals surface area contributed by atoms with Crippen molar-refractivity contribution in [3.8, 4) is 11.3 Å². The second kappa shape index (κ2) is 3.70. The third-order valence-corrected chi connectivity index (χ3v) is 2.21. The van der Waals surface area contributed by atoms with Crippen LogP contribution in [0.15, 0.2) is 41.2 Å². The highest BCUT2D eigenvalue weighted by Gasteiger charge is 2.05. The lowest BCUT2D eigenvalue weighted by Gasteiger charge is -1.98. The van der Waals surface area contributed by atoms with Crippen LogP contribution in [-0.2, 0) is 0 Å². The fraction of sp³-hybridized carbons (Fsp3) is 0. The van der Waals surface area contributed by atoms with E-state index in [0.29, 0.717) is 5.69 Å². The molecule has 1 heterocycles. The molecule has 2 rings (SSSR count). The Morgan fingerprint density at radius 3 is 2.53 bits per heavy atom. The van der Waals surface area contributed by atoms with E-state index in [2.05, 4.69) is 5.10 Å². The minimum atomic E-state index is -0.249. The zero-order valence-electron chi connectivity index (χ0n) is 7.81. The van der Waals surface area contributed by atoms with Gasteiger partial charge in [-0.15, -0.1) is 0 Å². The molecular formula is C10H9N3OS. The van der Waals surface area contributed by atoms with E-state index in [1.54, 1.807) is 0 Å². The van der Waals surface area contributed by atoms with Crippen molar-refractivity contribution in [2.75, 3.05) is 0 Å². The van der Waals surface area contributed by atoms with Gasteiger partial charge in [0.25, 0.3) is 5.56 Å². The van der Waals surface area contributed by atoms with Gasteiger partial charge >= 0.3 is 0 Å². The summed E-state index contributed by atoms with van der Waals surface area (Å²) in [6, 6.07) is 11.0. The number of hydrogen-bond donors (Lipinski definition) is 2. The molecule has 1 aromatic heterocycles. The van der Waals surface area contributed by atoms with Crippen LogP contribution >= 0.6 is 12.2 Å². The lowest BCUT2D eigenvalue weighted by molar-refractivity contribution is 0.910. The van der Waals surface area contributed by atoms with Crippen molar-refractivity contribution in [1.29, 1.82) is 0 Å². The van der Waals surface area contributed by atoms with Gasteiger partial charge < -0.3 is 5.73 Å². The Bertz CT molecular complexity index is 541. The highest BCUT2D eigenvalue weighted by atomic mass is 32.1. The summed E-state index contributed by atoms with van der Waals surface area (Å²) in [6.45, 7) is 0. The molecular weight excluding hydrogens is 210 g/mol. The Morgan fingerprint density at radius 2 is 2.00 bits per heavy atom. The molecule has 1 aromatic carbocycles. The van der Waals surface area contributed by atoms with Crippen molar-refractivity contribution < 1.29 is 0 Å². The molecule has 76 valence electrons. The molecule has 5 heteroatoms.